The van der Waals surface area contributed by atoms with Gasteiger partial charge in [0.25, 0.3) is 0 Å². The van der Waals surface area contributed by atoms with E-state index < -0.39 is 0 Å². The van der Waals surface area contributed by atoms with Crippen LogP contribution in [0.4, 0.5) is 0 Å². The summed E-state index contributed by atoms with van der Waals surface area (Å²) in [5.74, 6) is 1.03. The maximum atomic E-state index is 13.4. The fraction of sp³-hybridized carbons (Fsp3) is 0.520. The van der Waals surface area contributed by atoms with Gasteiger partial charge in [0.15, 0.2) is 0 Å². The molecule has 0 unspecified atom stereocenters. The Bertz CT molecular complexity index is 868. The zero-order valence-corrected chi connectivity index (χ0v) is 20.1. The Morgan fingerprint density at radius 2 is 2.00 bits per heavy atom. The normalized spacial score (nSPS) is 15.5. The first kappa shape index (κ1) is 24.3. The molecule has 2 heterocycles. The van der Waals surface area contributed by atoms with Crippen LogP contribution in [0.1, 0.15) is 43.2 Å². The Kier molecular flexibility index (Phi) is 9.11. The number of amides is 2. The second-order valence-corrected chi connectivity index (χ2v) is 9.54. The van der Waals surface area contributed by atoms with Gasteiger partial charge in [-0.3, -0.25) is 9.59 Å². The zero-order valence-electron chi connectivity index (χ0n) is 19.3. The van der Waals surface area contributed by atoms with E-state index in [2.05, 4.69) is 11.4 Å². The van der Waals surface area contributed by atoms with Gasteiger partial charge >= 0.3 is 0 Å². The fourth-order valence-electron chi connectivity index (χ4n) is 3.99. The molecule has 0 N–H and O–H groups in total. The molecule has 0 bridgehead atoms. The largest absolute Gasteiger partial charge is 0.491 e. The summed E-state index contributed by atoms with van der Waals surface area (Å²) >= 11 is 1.73. The molecule has 0 radical (unpaired) electrons. The third-order valence-corrected chi connectivity index (χ3v) is 6.60. The van der Waals surface area contributed by atoms with E-state index in [0.29, 0.717) is 39.1 Å². The lowest BCUT2D eigenvalue weighted by atomic mass is 10.00. The minimum atomic E-state index is -0.154. The molecular formula is C25H34N2O4S. The Morgan fingerprint density at radius 3 is 2.72 bits per heavy atom. The van der Waals surface area contributed by atoms with Crippen LogP contribution in [0.3, 0.4) is 0 Å². The van der Waals surface area contributed by atoms with Crippen molar-refractivity contribution in [2.75, 3.05) is 40.0 Å². The monoisotopic (exact) mass is 458 g/mol. The van der Waals surface area contributed by atoms with Gasteiger partial charge in [0, 0.05) is 38.1 Å². The molecule has 174 valence electrons. The summed E-state index contributed by atoms with van der Waals surface area (Å²) in [5, 5.41) is 2.08. The maximum absolute atomic E-state index is 13.4. The lowest BCUT2D eigenvalue weighted by Crippen LogP contribution is -2.48. The van der Waals surface area contributed by atoms with Crippen LogP contribution in [0, 0.1) is 5.92 Å². The van der Waals surface area contributed by atoms with Gasteiger partial charge in [-0.25, -0.2) is 0 Å². The van der Waals surface area contributed by atoms with E-state index in [4.69, 9.17) is 9.47 Å². The van der Waals surface area contributed by atoms with Crippen molar-refractivity contribution in [1.82, 2.24) is 9.80 Å². The highest BCUT2D eigenvalue weighted by Crippen LogP contribution is 2.34. The highest BCUT2D eigenvalue weighted by Gasteiger charge is 2.33. The molecular weight excluding hydrogens is 424 g/mol. The number of fused-ring (bicyclic) bond motifs is 1. The minimum Gasteiger partial charge on any atom is -0.491 e. The summed E-state index contributed by atoms with van der Waals surface area (Å²) in [6.07, 6.45) is 1.99. The molecule has 1 aromatic carbocycles. The van der Waals surface area contributed by atoms with Crippen LogP contribution in [0.2, 0.25) is 0 Å². The predicted octanol–water partition coefficient (Wildman–Crippen LogP) is 4.16. The standard InChI is InChI=1S/C25H34N2O4S/c1-19(2)16-24(28)26(12-7-14-30-3)17-25(29)27-13-10-23-21(11-15-32-23)22(27)18-31-20-8-5-4-6-9-20/h4-6,8-9,11,15,19,22H,7,10,12-14,16-18H2,1-3H3/t22-/m0/s1. The molecule has 7 heteroatoms. The van der Waals surface area contributed by atoms with E-state index in [0.717, 1.165) is 17.7 Å². The number of ether oxygens (including phenoxy) is 2. The topological polar surface area (TPSA) is 59.1 Å². The molecule has 1 atom stereocenters. The first-order chi connectivity index (χ1) is 15.5. The van der Waals surface area contributed by atoms with Crippen molar-refractivity contribution in [3.8, 4) is 5.75 Å². The second kappa shape index (κ2) is 12.0. The Balaban J connectivity index is 1.72. The average molecular weight is 459 g/mol. The number of nitrogens with zero attached hydrogens (tertiary/aromatic N) is 2. The average Bonchev–Trinajstić information content (AvgIpc) is 3.26. The van der Waals surface area contributed by atoms with E-state index in [-0.39, 0.29) is 30.3 Å². The third-order valence-electron chi connectivity index (χ3n) is 5.60. The minimum absolute atomic E-state index is 0.0229. The number of para-hydroxylation sites is 1. The lowest BCUT2D eigenvalue weighted by molar-refractivity contribution is -0.143. The number of thiophene rings is 1. The summed E-state index contributed by atoms with van der Waals surface area (Å²) in [6, 6.07) is 11.6. The highest BCUT2D eigenvalue weighted by atomic mass is 32.1. The van der Waals surface area contributed by atoms with Crippen molar-refractivity contribution in [2.45, 2.75) is 39.2 Å². The smallest absolute Gasteiger partial charge is 0.242 e. The van der Waals surface area contributed by atoms with Crippen molar-refractivity contribution < 1.29 is 19.1 Å². The molecule has 32 heavy (non-hydrogen) atoms. The maximum Gasteiger partial charge on any atom is 0.242 e. The van der Waals surface area contributed by atoms with E-state index in [9.17, 15) is 9.59 Å². The van der Waals surface area contributed by atoms with Gasteiger partial charge in [0.05, 0.1) is 12.6 Å². The van der Waals surface area contributed by atoms with E-state index >= 15 is 0 Å². The molecule has 2 aromatic rings. The van der Waals surface area contributed by atoms with Gasteiger partial charge in [0.2, 0.25) is 11.8 Å². The predicted molar refractivity (Wildman–Crippen MR) is 127 cm³/mol. The van der Waals surface area contributed by atoms with Crippen molar-refractivity contribution in [3.05, 3.63) is 52.2 Å². The van der Waals surface area contributed by atoms with Gasteiger partial charge in [-0.1, -0.05) is 32.0 Å². The molecule has 2 amide bonds. The van der Waals surface area contributed by atoms with Gasteiger partial charge in [-0.15, -0.1) is 11.3 Å². The molecule has 0 spiro atoms. The van der Waals surface area contributed by atoms with Crippen molar-refractivity contribution in [2.24, 2.45) is 5.92 Å². The van der Waals surface area contributed by atoms with Crippen LogP contribution in [0.25, 0.3) is 0 Å². The van der Waals surface area contributed by atoms with Crippen LogP contribution in [0.15, 0.2) is 41.8 Å². The molecule has 0 saturated carbocycles. The highest BCUT2D eigenvalue weighted by molar-refractivity contribution is 7.10. The third kappa shape index (κ3) is 6.56. The lowest BCUT2D eigenvalue weighted by Gasteiger charge is -2.37. The number of benzene rings is 1. The van der Waals surface area contributed by atoms with Crippen LogP contribution in [0.5, 0.6) is 5.75 Å². The second-order valence-electron chi connectivity index (χ2n) is 8.54. The molecule has 0 aliphatic carbocycles. The number of hydrogen-bond acceptors (Lipinski definition) is 5. The van der Waals surface area contributed by atoms with E-state index in [1.807, 2.05) is 49.1 Å². The summed E-state index contributed by atoms with van der Waals surface area (Å²) in [6.45, 7) is 6.25. The molecule has 0 saturated heterocycles. The molecule has 1 aliphatic heterocycles. The number of carbonyl (C=O) groups excluding carboxylic acids is 2. The SMILES string of the molecule is COCCCN(CC(=O)N1CCc2sccc2[C@@H]1COc1ccccc1)C(=O)CC(C)C. The first-order valence-corrected chi connectivity index (χ1v) is 12.2. The van der Waals surface area contributed by atoms with Crippen molar-refractivity contribution in [1.29, 1.82) is 0 Å². The molecule has 0 fully saturated rings. The Labute approximate surface area is 195 Å². The Hall–Kier alpha value is -2.38. The zero-order chi connectivity index (χ0) is 22.9. The van der Waals surface area contributed by atoms with Gasteiger partial charge < -0.3 is 19.3 Å². The van der Waals surface area contributed by atoms with Crippen LogP contribution < -0.4 is 4.74 Å². The van der Waals surface area contributed by atoms with Crippen molar-refractivity contribution in [3.63, 3.8) is 0 Å². The van der Waals surface area contributed by atoms with Crippen LogP contribution in [-0.2, 0) is 20.7 Å². The number of carbonyl (C=O) groups is 2. The molecule has 1 aliphatic rings. The summed E-state index contributed by atoms with van der Waals surface area (Å²) in [4.78, 5) is 31.1. The first-order valence-electron chi connectivity index (χ1n) is 11.3. The Morgan fingerprint density at radius 1 is 1.22 bits per heavy atom. The quantitative estimate of drug-likeness (QED) is 0.475. The fourth-order valence-corrected chi connectivity index (χ4v) is 4.92. The molecule has 3 rings (SSSR count). The van der Waals surface area contributed by atoms with Gasteiger partial charge in [-0.2, -0.15) is 0 Å². The van der Waals surface area contributed by atoms with Crippen molar-refractivity contribution >= 4 is 23.2 Å². The number of hydrogen-bond donors (Lipinski definition) is 0. The summed E-state index contributed by atoms with van der Waals surface area (Å²) in [5.41, 5.74) is 1.16. The summed E-state index contributed by atoms with van der Waals surface area (Å²) < 4.78 is 11.2. The molecule has 6 nitrogen and oxygen atoms in total. The number of rotatable bonds is 11. The van der Waals surface area contributed by atoms with E-state index in [1.165, 1.54) is 4.88 Å². The van der Waals surface area contributed by atoms with Gasteiger partial charge in [0.1, 0.15) is 12.4 Å². The van der Waals surface area contributed by atoms with Crippen LogP contribution in [-0.4, -0.2) is 61.6 Å². The summed E-state index contributed by atoms with van der Waals surface area (Å²) in [7, 11) is 1.65. The molecule has 1 aromatic heterocycles. The van der Waals surface area contributed by atoms with Gasteiger partial charge in [-0.05, 0) is 47.9 Å². The van der Waals surface area contributed by atoms with Crippen LogP contribution >= 0.6 is 11.3 Å². The van der Waals surface area contributed by atoms with E-state index in [1.54, 1.807) is 23.3 Å². The number of methoxy groups -OCH3 is 1.